The lowest BCUT2D eigenvalue weighted by Crippen LogP contribution is -2.46. The van der Waals surface area contributed by atoms with Gasteiger partial charge in [0.15, 0.2) is 0 Å². The van der Waals surface area contributed by atoms with Gasteiger partial charge in [0, 0.05) is 17.8 Å². The molecule has 1 saturated carbocycles. The molecule has 0 heterocycles. The topological polar surface area (TPSA) is 41.1 Å². The summed E-state index contributed by atoms with van der Waals surface area (Å²) in [6.07, 6.45) is 6.07. The fourth-order valence-electron chi connectivity index (χ4n) is 1.69. The number of amides is 1. The lowest BCUT2D eigenvalue weighted by atomic mass is 9.84. The van der Waals surface area contributed by atoms with E-state index in [0.29, 0.717) is 17.8 Å². The maximum absolute atomic E-state index is 11.1. The van der Waals surface area contributed by atoms with Crippen molar-refractivity contribution in [3.05, 3.63) is 0 Å². The molecule has 0 saturated heterocycles. The lowest BCUT2D eigenvalue weighted by Gasteiger charge is -2.40. The average Bonchev–Trinajstić information content (AvgIpc) is 2.10. The molecule has 3 nitrogen and oxygen atoms in total. The Morgan fingerprint density at radius 2 is 2.21 bits per heavy atom. The third-order valence-corrected chi connectivity index (χ3v) is 4.22. The molecule has 0 aromatic heterocycles. The van der Waals surface area contributed by atoms with Crippen LogP contribution in [-0.4, -0.2) is 36.5 Å². The van der Waals surface area contributed by atoms with Crippen LogP contribution in [0.25, 0.3) is 0 Å². The van der Waals surface area contributed by atoms with Crippen molar-refractivity contribution in [2.75, 3.05) is 25.9 Å². The molecule has 0 aromatic rings. The number of nitrogens with one attached hydrogen (secondary N) is 2. The highest BCUT2D eigenvalue weighted by molar-refractivity contribution is 8.00. The van der Waals surface area contributed by atoms with Crippen LogP contribution in [0, 0.1) is 0 Å². The molecule has 2 N–H and O–H groups in total. The summed E-state index contributed by atoms with van der Waals surface area (Å²) in [5.74, 6) is 0.100. The van der Waals surface area contributed by atoms with Gasteiger partial charge in [-0.05, 0) is 26.0 Å². The van der Waals surface area contributed by atoms with Crippen molar-refractivity contribution in [3.8, 4) is 0 Å². The van der Waals surface area contributed by atoms with Crippen molar-refractivity contribution >= 4 is 17.7 Å². The van der Waals surface area contributed by atoms with Crippen molar-refractivity contribution in [2.45, 2.75) is 30.9 Å². The summed E-state index contributed by atoms with van der Waals surface area (Å²) in [4.78, 5) is 11.1. The number of carbonyl (C=O) groups excluding carboxylic acids is 1. The monoisotopic (exact) mass is 216 g/mol. The molecule has 0 aromatic carbocycles. The number of thioether (sulfide) groups is 1. The van der Waals surface area contributed by atoms with Gasteiger partial charge in [-0.2, -0.15) is 11.8 Å². The molecule has 0 atom stereocenters. The number of carbonyl (C=O) groups is 1. The largest absolute Gasteiger partial charge is 0.355 e. The van der Waals surface area contributed by atoms with Gasteiger partial charge in [0.2, 0.25) is 5.91 Å². The first-order chi connectivity index (χ1) is 6.72. The van der Waals surface area contributed by atoms with E-state index < -0.39 is 0 Å². The Hall–Kier alpha value is -0.220. The average molecular weight is 216 g/mol. The fourth-order valence-corrected chi connectivity index (χ4v) is 2.63. The zero-order chi connectivity index (χ0) is 10.4. The highest BCUT2D eigenvalue weighted by atomic mass is 32.2. The SMILES string of the molecule is CCNC(=O)CNCC1(SC)CCC1. The van der Waals surface area contributed by atoms with E-state index in [1.54, 1.807) is 0 Å². The molecular formula is C10H20N2OS. The van der Waals surface area contributed by atoms with Crippen molar-refractivity contribution < 1.29 is 4.79 Å². The van der Waals surface area contributed by atoms with Gasteiger partial charge in [0.25, 0.3) is 0 Å². The van der Waals surface area contributed by atoms with Gasteiger partial charge in [-0.25, -0.2) is 0 Å². The van der Waals surface area contributed by atoms with E-state index in [-0.39, 0.29) is 5.91 Å². The molecule has 0 spiro atoms. The molecule has 0 aliphatic heterocycles. The molecule has 0 unspecified atom stereocenters. The van der Waals surface area contributed by atoms with E-state index in [4.69, 9.17) is 0 Å². The second-order valence-electron chi connectivity index (χ2n) is 3.80. The second-order valence-corrected chi connectivity index (χ2v) is 5.07. The van der Waals surface area contributed by atoms with E-state index in [0.717, 1.165) is 6.54 Å². The van der Waals surface area contributed by atoms with Crippen LogP contribution in [0.2, 0.25) is 0 Å². The van der Waals surface area contributed by atoms with E-state index in [2.05, 4.69) is 16.9 Å². The predicted molar refractivity (Wildman–Crippen MR) is 61.7 cm³/mol. The number of hydrogen-bond donors (Lipinski definition) is 2. The Labute approximate surface area is 90.4 Å². The standard InChI is InChI=1S/C10H20N2OS/c1-3-12-9(13)7-11-8-10(14-2)5-4-6-10/h11H,3-8H2,1-2H3,(H,12,13). The van der Waals surface area contributed by atoms with Gasteiger partial charge in [-0.1, -0.05) is 6.42 Å². The van der Waals surface area contributed by atoms with Gasteiger partial charge in [-0.15, -0.1) is 0 Å². The summed E-state index contributed by atoms with van der Waals surface area (Å²) in [6, 6.07) is 0. The molecule has 1 aliphatic rings. The minimum atomic E-state index is 0.100. The number of likely N-dealkylation sites (N-methyl/N-ethyl adjacent to an activating group) is 1. The summed E-state index contributed by atoms with van der Waals surface area (Å²) in [6.45, 7) is 4.07. The quantitative estimate of drug-likeness (QED) is 0.696. The Kier molecular flexibility index (Phi) is 4.75. The fraction of sp³-hybridized carbons (Fsp3) is 0.900. The second kappa shape index (κ2) is 5.61. The van der Waals surface area contributed by atoms with Crippen LogP contribution in [0.4, 0.5) is 0 Å². The molecule has 1 aliphatic carbocycles. The summed E-state index contributed by atoms with van der Waals surface area (Å²) in [5.41, 5.74) is 0. The maximum Gasteiger partial charge on any atom is 0.233 e. The molecule has 1 fully saturated rings. The van der Waals surface area contributed by atoms with E-state index >= 15 is 0 Å². The summed E-state index contributed by atoms with van der Waals surface area (Å²) in [7, 11) is 0. The number of rotatable bonds is 6. The molecule has 0 radical (unpaired) electrons. The zero-order valence-electron chi connectivity index (χ0n) is 9.06. The van der Waals surface area contributed by atoms with E-state index in [9.17, 15) is 4.79 Å². The molecule has 1 amide bonds. The summed E-state index contributed by atoms with van der Waals surface area (Å²) < 4.78 is 0.423. The maximum atomic E-state index is 11.1. The summed E-state index contributed by atoms with van der Waals surface area (Å²) in [5, 5.41) is 6.01. The molecule has 4 heteroatoms. The van der Waals surface area contributed by atoms with Crippen molar-refractivity contribution in [3.63, 3.8) is 0 Å². The highest BCUT2D eigenvalue weighted by Gasteiger charge is 2.35. The van der Waals surface area contributed by atoms with Crippen LogP contribution in [0.15, 0.2) is 0 Å². The smallest absolute Gasteiger partial charge is 0.233 e. The van der Waals surface area contributed by atoms with Gasteiger partial charge in [0.1, 0.15) is 0 Å². The molecule has 0 bridgehead atoms. The van der Waals surface area contributed by atoms with Gasteiger partial charge in [-0.3, -0.25) is 4.79 Å². The third-order valence-electron chi connectivity index (χ3n) is 2.80. The minimum absolute atomic E-state index is 0.100. The Morgan fingerprint density at radius 3 is 2.64 bits per heavy atom. The van der Waals surface area contributed by atoms with Crippen LogP contribution >= 0.6 is 11.8 Å². The van der Waals surface area contributed by atoms with E-state index in [1.807, 2.05) is 18.7 Å². The van der Waals surface area contributed by atoms with Crippen LogP contribution < -0.4 is 10.6 Å². The summed E-state index contributed by atoms with van der Waals surface area (Å²) >= 11 is 1.93. The van der Waals surface area contributed by atoms with Gasteiger partial charge >= 0.3 is 0 Å². The van der Waals surface area contributed by atoms with Crippen molar-refractivity contribution in [1.29, 1.82) is 0 Å². The molecular weight excluding hydrogens is 196 g/mol. The predicted octanol–water partition coefficient (Wildman–Crippen LogP) is 0.998. The van der Waals surface area contributed by atoms with Crippen molar-refractivity contribution in [1.82, 2.24) is 10.6 Å². The number of hydrogen-bond acceptors (Lipinski definition) is 3. The Balaban J connectivity index is 2.11. The van der Waals surface area contributed by atoms with E-state index in [1.165, 1.54) is 19.3 Å². The van der Waals surface area contributed by atoms with Gasteiger partial charge in [0.05, 0.1) is 6.54 Å². The first-order valence-corrected chi connectivity index (χ1v) is 6.47. The van der Waals surface area contributed by atoms with Crippen LogP contribution in [0.5, 0.6) is 0 Å². The van der Waals surface area contributed by atoms with Gasteiger partial charge < -0.3 is 10.6 Å². The molecule has 14 heavy (non-hydrogen) atoms. The van der Waals surface area contributed by atoms with Crippen molar-refractivity contribution in [2.24, 2.45) is 0 Å². The highest BCUT2D eigenvalue weighted by Crippen LogP contribution is 2.41. The van der Waals surface area contributed by atoms with Crippen LogP contribution in [0.3, 0.4) is 0 Å². The van der Waals surface area contributed by atoms with Crippen LogP contribution in [0.1, 0.15) is 26.2 Å². The third kappa shape index (κ3) is 3.17. The lowest BCUT2D eigenvalue weighted by molar-refractivity contribution is -0.120. The first-order valence-electron chi connectivity index (χ1n) is 5.25. The Bertz CT molecular complexity index is 187. The minimum Gasteiger partial charge on any atom is -0.355 e. The first kappa shape index (κ1) is 11.9. The Morgan fingerprint density at radius 1 is 1.50 bits per heavy atom. The molecule has 1 rings (SSSR count). The molecule has 82 valence electrons. The zero-order valence-corrected chi connectivity index (χ0v) is 9.88. The normalized spacial score (nSPS) is 18.7. The van der Waals surface area contributed by atoms with Crippen LogP contribution in [-0.2, 0) is 4.79 Å².